The smallest absolute Gasteiger partial charge is 0.306 e. The number of aromatic hydroxyl groups is 1. The van der Waals surface area contributed by atoms with Crippen molar-refractivity contribution in [2.45, 2.75) is 26.7 Å². The van der Waals surface area contributed by atoms with Crippen molar-refractivity contribution in [3.63, 3.8) is 0 Å². The molecule has 20 heavy (non-hydrogen) atoms. The predicted molar refractivity (Wildman–Crippen MR) is 73.8 cm³/mol. The molecule has 1 N–H and O–H groups in total. The molecular weight excluding hydrogens is 260 g/mol. The lowest BCUT2D eigenvalue weighted by atomic mass is 10.1. The van der Waals surface area contributed by atoms with Gasteiger partial charge in [-0.3, -0.25) is 9.59 Å². The molecule has 5 nitrogen and oxygen atoms in total. The Bertz CT molecular complexity index is 699. The van der Waals surface area contributed by atoms with Gasteiger partial charge in [0, 0.05) is 18.1 Å². The van der Waals surface area contributed by atoms with Crippen LogP contribution in [0.1, 0.15) is 24.7 Å². The average molecular weight is 276 g/mol. The number of carbonyl (C=O) groups excluding carboxylic acids is 1. The van der Waals surface area contributed by atoms with Crippen molar-refractivity contribution in [1.82, 2.24) is 0 Å². The second-order valence-electron chi connectivity index (χ2n) is 4.45. The summed E-state index contributed by atoms with van der Waals surface area (Å²) >= 11 is 0. The van der Waals surface area contributed by atoms with Crippen LogP contribution in [0.2, 0.25) is 0 Å². The molecular formula is C15H16O5. The van der Waals surface area contributed by atoms with Crippen LogP contribution in [-0.4, -0.2) is 17.7 Å². The number of rotatable bonds is 4. The molecule has 1 aromatic carbocycles. The van der Waals surface area contributed by atoms with Crippen molar-refractivity contribution in [2.24, 2.45) is 0 Å². The highest BCUT2D eigenvalue weighted by Crippen LogP contribution is 2.20. The maximum absolute atomic E-state index is 12.3. The number of hydrogen-bond donors (Lipinski definition) is 1. The van der Waals surface area contributed by atoms with Crippen molar-refractivity contribution in [2.75, 3.05) is 6.61 Å². The molecule has 1 aromatic heterocycles. The van der Waals surface area contributed by atoms with Crippen LogP contribution in [0.4, 0.5) is 0 Å². The molecule has 0 unspecified atom stereocenters. The Balaban J connectivity index is 2.37. The first kappa shape index (κ1) is 14.1. The zero-order chi connectivity index (χ0) is 14.7. The maximum atomic E-state index is 12.3. The lowest BCUT2D eigenvalue weighted by Crippen LogP contribution is -2.14. The lowest BCUT2D eigenvalue weighted by molar-refractivity contribution is -0.143. The van der Waals surface area contributed by atoms with Crippen molar-refractivity contribution in [1.29, 1.82) is 0 Å². The SMILES string of the molecule is CCOC(=O)CCc1c(C)oc2cc(O)ccc2c1=O. The maximum Gasteiger partial charge on any atom is 0.306 e. The molecule has 0 aliphatic heterocycles. The van der Waals surface area contributed by atoms with E-state index in [2.05, 4.69) is 0 Å². The molecule has 0 aliphatic rings. The number of ether oxygens (including phenoxy) is 1. The number of esters is 1. The minimum Gasteiger partial charge on any atom is -0.508 e. The molecule has 0 fully saturated rings. The minimum atomic E-state index is -0.336. The Morgan fingerprint density at radius 1 is 1.40 bits per heavy atom. The lowest BCUT2D eigenvalue weighted by Gasteiger charge is -2.07. The fraction of sp³-hybridized carbons (Fsp3) is 0.333. The minimum absolute atomic E-state index is 0.0410. The number of hydrogen-bond acceptors (Lipinski definition) is 5. The van der Waals surface area contributed by atoms with E-state index in [-0.39, 0.29) is 30.0 Å². The van der Waals surface area contributed by atoms with Gasteiger partial charge in [-0.25, -0.2) is 0 Å². The number of carbonyl (C=O) groups is 1. The number of aryl methyl sites for hydroxylation is 1. The van der Waals surface area contributed by atoms with Crippen molar-refractivity contribution < 1.29 is 19.1 Å². The van der Waals surface area contributed by atoms with E-state index < -0.39 is 0 Å². The molecule has 106 valence electrons. The Kier molecular flexibility index (Phi) is 4.08. The second-order valence-corrected chi connectivity index (χ2v) is 4.45. The molecule has 0 amide bonds. The van der Waals surface area contributed by atoms with E-state index in [0.717, 1.165) is 0 Å². The summed E-state index contributed by atoms with van der Waals surface area (Å²) in [5, 5.41) is 9.79. The van der Waals surface area contributed by atoms with E-state index in [9.17, 15) is 14.7 Å². The van der Waals surface area contributed by atoms with Crippen LogP contribution < -0.4 is 5.43 Å². The third-order valence-corrected chi connectivity index (χ3v) is 3.06. The highest BCUT2D eigenvalue weighted by Gasteiger charge is 2.13. The number of fused-ring (bicyclic) bond motifs is 1. The van der Waals surface area contributed by atoms with Crippen LogP contribution >= 0.6 is 0 Å². The van der Waals surface area contributed by atoms with E-state index in [1.54, 1.807) is 13.8 Å². The summed E-state index contributed by atoms with van der Waals surface area (Å²) in [5.74, 6) is 0.161. The molecule has 0 atom stereocenters. The van der Waals surface area contributed by atoms with Gasteiger partial charge in [0.25, 0.3) is 0 Å². The first-order chi connectivity index (χ1) is 9.52. The van der Waals surface area contributed by atoms with Gasteiger partial charge in [0.1, 0.15) is 17.1 Å². The molecule has 2 rings (SSSR count). The van der Waals surface area contributed by atoms with Crippen LogP contribution in [0.3, 0.4) is 0 Å². The van der Waals surface area contributed by atoms with Crippen LogP contribution in [0.15, 0.2) is 27.4 Å². The third-order valence-electron chi connectivity index (χ3n) is 3.06. The van der Waals surface area contributed by atoms with Gasteiger partial charge >= 0.3 is 5.97 Å². The summed E-state index contributed by atoms with van der Waals surface area (Å²) in [7, 11) is 0. The molecule has 0 saturated heterocycles. The monoisotopic (exact) mass is 276 g/mol. The van der Waals surface area contributed by atoms with Gasteiger partial charge in [-0.15, -0.1) is 0 Å². The molecule has 0 spiro atoms. The van der Waals surface area contributed by atoms with E-state index in [1.807, 2.05) is 0 Å². The number of benzene rings is 1. The molecule has 0 saturated carbocycles. The second kappa shape index (κ2) is 5.77. The zero-order valence-corrected chi connectivity index (χ0v) is 11.4. The topological polar surface area (TPSA) is 76.7 Å². The first-order valence-corrected chi connectivity index (χ1v) is 6.44. The first-order valence-electron chi connectivity index (χ1n) is 6.44. The van der Waals surface area contributed by atoms with Gasteiger partial charge in [-0.05, 0) is 32.4 Å². The molecule has 2 aromatic rings. The molecule has 0 radical (unpaired) electrons. The van der Waals surface area contributed by atoms with Crippen LogP contribution in [0, 0.1) is 6.92 Å². The molecule has 0 bridgehead atoms. The average Bonchev–Trinajstić information content (AvgIpc) is 2.38. The molecule has 5 heteroatoms. The fourth-order valence-corrected chi connectivity index (χ4v) is 2.08. The highest BCUT2D eigenvalue weighted by molar-refractivity contribution is 5.79. The summed E-state index contributed by atoms with van der Waals surface area (Å²) in [6.45, 7) is 3.73. The normalized spacial score (nSPS) is 10.7. The van der Waals surface area contributed by atoms with Crippen molar-refractivity contribution >= 4 is 16.9 Å². The number of phenolic OH excluding ortho intramolecular Hbond substituents is 1. The largest absolute Gasteiger partial charge is 0.508 e. The summed E-state index contributed by atoms with van der Waals surface area (Å²) in [4.78, 5) is 23.7. The Morgan fingerprint density at radius 3 is 2.85 bits per heavy atom. The standard InChI is InChI=1S/C15H16O5/c1-3-19-14(17)7-6-11-9(2)20-13-8-10(16)4-5-12(13)15(11)18/h4-5,8,16H,3,6-7H2,1-2H3. The van der Waals surface area contributed by atoms with E-state index >= 15 is 0 Å². The van der Waals surface area contributed by atoms with Gasteiger partial charge in [0.05, 0.1) is 12.0 Å². The predicted octanol–water partition coefficient (Wildman–Crippen LogP) is 2.30. The number of phenols is 1. The van der Waals surface area contributed by atoms with Gasteiger partial charge in [0.2, 0.25) is 0 Å². The van der Waals surface area contributed by atoms with Crippen LogP contribution in [0.25, 0.3) is 11.0 Å². The summed E-state index contributed by atoms with van der Waals surface area (Å²) in [6.07, 6.45) is 0.423. The van der Waals surface area contributed by atoms with Crippen molar-refractivity contribution in [3.05, 3.63) is 39.7 Å². The zero-order valence-electron chi connectivity index (χ0n) is 11.4. The highest BCUT2D eigenvalue weighted by atomic mass is 16.5. The summed E-state index contributed by atoms with van der Waals surface area (Å²) in [6, 6.07) is 4.35. The fourth-order valence-electron chi connectivity index (χ4n) is 2.08. The Hall–Kier alpha value is -2.30. The Morgan fingerprint density at radius 2 is 2.15 bits per heavy atom. The Labute approximate surface area is 115 Å². The van der Waals surface area contributed by atoms with E-state index in [4.69, 9.17) is 9.15 Å². The molecule has 1 heterocycles. The van der Waals surface area contributed by atoms with Gasteiger partial charge in [0.15, 0.2) is 5.43 Å². The van der Waals surface area contributed by atoms with Gasteiger partial charge < -0.3 is 14.3 Å². The van der Waals surface area contributed by atoms with Gasteiger partial charge in [-0.1, -0.05) is 0 Å². The van der Waals surface area contributed by atoms with E-state index in [1.165, 1.54) is 18.2 Å². The van der Waals surface area contributed by atoms with E-state index in [0.29, 0.717) is 28.9 Å². The summed E-state index contributed by atoms with van der Waals surface area (Å²) < 4.78 is 10.4. The van der Waals surface area contributed by atoms with Crippen molar-refractivity contribution in [3.8, 4) is 5.75 Å². The molecule has 0 aliphatic carbocycles. The quantitative estimate of drug-likeness (QED) is 0.867. The van der Waals surface area contributed by atoms with Crippen LogP contribution in [-0.2, 0) is 16.0 Å². The third kappa shape index (κ3) is 2.82. The summed E-state index contributed by atoms with van der Waals surface area (Å²) in [5.41, 5.74) is 0.636. The van der Waals surface area contributed by atoms with Gasteiger partial charge in [-0.2, -0.15) is 0 Å². The van der Waals surface area contributed by atoms with Crippen LogP contribution in [0.5, 0.6) is 5.75 Å².